The molecular formula is C14H19N5OS. The molecule has 0 atom stereocenters. The molecule has 0 saturated carbocycles. The monoisotopic (exact) mass is 305 g/mol. The first-order valence-corrected chi connectivity index (χ1v) is 7.68. The fourth-order valence-electron chi connectivity index (χ4n) is 1.79. The van der Waals surface area contributed by atoms with Crippen molar-refractivity contribution in [3.63, 3.8) is 0 Å². The number of amides is 1. The van der Waals surface area contributed by atoms with Crippen molar-refractivity contribution >= 4 is 22.4 Å². The molecule has 0 aromatic carbocycles. The van der Waals surface area contributed by atoms with Gasteiger partial charge in [-0.2, -0.15) is 0 Å². The maximum atomic E-state index is 12.4. The van der Waals surface area contributed by atoms with Gasteiger partial charge < -0.3 is 0 Å². The Balaban J connectivity index is 2.23. The van der Waals surface area contributed by atoms with Crippen LogP contribution in [-0.4, -0.2) is 26.1 Å². The van der Waals surface area contributed by atoms with Crippen molar-refractivity contribution in [3.8, 4) is 0 Å². The van der Waals surface area contributed by atoms with Crippen LogP contribution < -0.4 is 5.32 Å². The van der Waals surface area contributed by atoms with Crippen molar-refractivity contribution in [2.24, 2.45) is 0 Å². The van der Waals surface area contributed by atoms with E-state index in [2.05, 4.69) is 25.5 Å². The number of anilines is 1. The Morgan fingerprint density at radius 2 is 1.90 bits per heavy atom. The van der Waals surface area contributed by atoms with Crippen LogP contribution in [0.4, 0.5) is 5.13 Å². The Labute approximate surface area is 128 Å². The summed E-state index contributed by atoms with van der Waals surface area (Å²) in [5.41, 5.74) is 1.23. The Morgan fingerprint density at radius 1 is 1.19 bits per heavy atom. The molecule has 21 heavy (non-hydrogen) atoms. The number of rotatable bonds is 4. The molecule has 1 N–H and O–H groups in total. The van der Waals surface area contributed by atoms with Crippen molar-refractivity contribution in [1.29, 1.82) is 0 Å². The molecule has 2 rings (SSSR count). The molecule has 0 radical (unpaired) electrons. The lowest BCUT2D eigenvalue weighted by molar-refractivity contribution is 0.102. The molecule has 0 bridgehead atoms. The van der Waals surface area contributed by atoms with Crippen molar-refractivity contribution in [2.75, 3.05) is 5.32 Å². The number of carbonyl (C=O) groups excluding carboxylic acids is 1. The minimum atomic E-state index is -0.245. The first-order chi connectivity index (χ1) is 9.88. The molecule has 1 amide bonds. The van der Waals surface area contributed by atoms with E-state index in [0.717, 1.165) is 10.7 Å². The largest absolute Gasteiger partial charge is 0.296 e. The summed E-state index contributed by atoms with van der Waals surface area (Å²) < 4.78 is 0. The van der Waals surface area contributed by atoms with E-state index in [1.54, 1.807) is 6.20 Å². The van der Waals surface area contributed by atoms with Gasteiger partial charge in [0.1, 0.15) is 10.8 Å². The van der Waals surface area contributed by atoms with E-state index in [0.29, 0.717) is 22.4 Å². The second-order valence-electron chi connectivity index (χ2n) is 5.43. The van der Waals surface area contributed by atoms with Crippen molar-refractivity contribution in [3.05, 3.63) is 28.3 Å². The highest BCUT2D eigenvalue weighted by Gasteiger charge is 2.18. The highest BCUT2D eigenvalue weighted by Crippen LogP contribution is 2.24. The third-order valence-electron chi connectivity index (χ3n) is 2.89. The van der Waals surface area contributed by atoms with Crippen molar-refractivity contribution in [2.45, 2.75) is 46.5 Å². The summed E-state index contributed by atoms with van der Waals surface area (Å²) in [6.45, 7) is 9.89. The summed E-state index contributed by atoms with van der Waals surface area (Å²) in [6.07, 6.45) is 1.57. The number of hydrogen-bond donors (Lipinski definition) is 1. The summed E-state index contributed by atoms with van der Waals surface area (Å²) in [4.78, 5) is 20.9. The summed E-state index contributed by atoms with van der Waals surface area (Å²) in [5, 5.41) is 12.2. The van der Waals surface area contributed by atoms with Gasteiger partial charge in [-0.15, -0.1) is 10.2 Å². The summed E-state index contributed by atoms with van der Waals surface area (Å²) >= 11 is 1.39. The quantitative estimate of drug-likeness (QED) is 0.938. The van der Waals surface area contributed by atoms with Gasteiger partial charge in [0, 0.05) is 12.1 Å². The van der Waals surface area contributed by atoms with Gasteiger partial charge in [-0.1, -0.05) is 39.0 Å². The van der Waals surface area contributed by atoms with Crippen LogP contribution in [0.2, 0.25) is 0 Å². The number of carbonyl (C=O) groups is 1. The molecule has 2 aromatic rings. The first-order valence-electron chi connectivity index (χ1n) is 6.86. The van der Waals surface area contributed by atoms with Gasteiger partial charge in [0.05, 0.1) is 11.3 Å². The van der Waals surface area contributed by atoms with Crippen LogP contribution in [0, 0.1) is 6.92 Å². The van der Waals surface area contributed by atoms with Gasteiger partial charge in [0.2, 0.25) is 5.13 Å². The number of nitrogens with zero attached hydrogens (tertiary/aromatic N) is 4. The minimum absolute atomic E-state index is 0.146. The van der Waals surface area contributed by atoms with Crippen LogP contribution in [0.1, 0.15) is 66.4 Å². The molecule has 2 aromatic heterocycles. The van der Waals surface area contributed by atoms with Crippen LogP contribution in [0.15, 0.2) is 6.20 Å². The maximum Gasteiger partial charge on any atom is 0.260 e. The third-order valence-corrected chi connectivity index (χ3v) is 4.02. The summed E-state index contributed by atoms with van der Waals surface area (Å²) in [7, 11) is 0. The lowest BCUT2D eigenvalue weighted by Gasteiger charge is -2.10. The molecule has 112 valence electrons. The lowest BCUT2D eigenvalue weighted by atomic mass is 10.0. The van der Waals surface area contributed by atoms with E-state index in [4.69, 9.17) is 0 Å². The van der Waals surface area contributed by atoms with Gasteiger partial charge in [-0.05, 0) is 12.8 Å². The highest BCUT2D eigenvalue weighted by atomic mass is 32.1. The predicted octanol–water partition coefficient (Wildman–Crippen LogP) is 3.14. The van der Waals surface area contributed by atoms with Crippen LogP contribution in [0.5, 0.6) is 0 Å². The molecule has 0 fully saturated rings. The Hall–Kier alpha value is -1.89. The lowest BCUT2D eigenvalue weighted by Crippen LogP contribution is -2.17. The predicted molar refractivity (Wildman–Crippen MR) is 82.8 cm³/mol. The molecule has 0 spiro atoms. The van der Waals surface area contributed by atoms with E-state index >= 15 is 0 Å². The van der Waals surface area contributed by atoms with Crippen molar-refractivity contribution in [1.82, 2.24) is 20.2 Å². The van der Waals surface area contributed by atoms with E-state index in [1.165, 1.54) is 11.3 Å². The second-order valence-corrected chi connectivity index (χ2v) is 6.43. The van der Waals surface area contributed by atoms with E-state index in [9.17, 15) is 4.79 Å². The fourth-order valence-corrected chi connectivity index (χ4v) is 2.53. The molecule has 7 heteroatoms. The summed E-state index contributed by atoms with van der Waals surface area (Å²) in [5.74, 6) is 0.855. The third kappa shape index (κ3) is 3.60. The Bertz CT molecular complexity index is 651. The normalized spacial score (nSPS) is 11.2. The van der Waals surface area contributed by atoms with Crippen LogP contribution in [-0.2, 0) is 0 Å². The van der Waals surface area contributed by atoms with Gasteiger partial charge in [0.25, 0.3) is 5.91 Å². The molecule has 6 nitrogen and oxygen atoms in total. The van der Waals surface area contributed by atoms with Crippen LogP contribution in [0.25, 0.3) is 0 Å². The topological polar surface area (TPSA) is 80.7 Å². The van der Waals surface area contributed by atoms with Crippen LogP contribution >= 0.6 is 11.3 Å². The second kappa shape index (κ2) is 6.26. The average Bonchev–Trinajstić information content (AvgIpc) is 2.87. The van der Waals surface area contributed by atoms with Crippen LogP contribution in [0.3, 0.4) is 0 Å². The molecule has 0 unspecified atom stereocenters. The summed E-state index contributed by atoms with van der Waals surface area (Å²) in [6, 6.07) is 0. The standard InChI is InChI=1S/C14H19N5OS/c1-7(2)11-10(6-15-9(5)16-11)12(20)17-14-19-18-13(21-14)8(3)4/h6-8H,1-5H3,(H,17,19,20). The van der Waals surface area contributed by atoms with E-state index in [-0.39, 0.29) is 11.8 Å². The molecule has 0 aliphatic heterocycles. The number of nitrogens with one attached hydrogen (secondary N) is 1. The zero-order valence-corrected chi connectivity index (χ0v) is 13.7. The van der Waals surface area contributed by atoms with E-state index in [1.807, 2.05) is 34.6 Å². The highest BCUT2D eigenvalue weighted by molar-refractivity contribution is 7.15. The Morgan fingerprint density at radius 3 is 2.48 bits per heavy atom. The minimum Gasteiger partial charge on any atom is -0.296 e. The number of aromatic nitrogens is 4. The van der Waals surface area contributed by atoms with E-state index < -0.39 is 0 Å². The average molecular weight is 305 g/mol. The fraction of sp³-hybridized carbons (Fsp3) is 0.500. The smallest absolute Gasteiger partial charge is 0.260 e. The molecule has 0 saturated heterocycles. The SMILES string of the molecule is Cc1ncc(C(=O)Nc2nnc(C(C)C)s2)c(C(C)C)n1. The zero-order chi connectivity index (χ0) is 15.6. The van der Waals surface area contributed by atoms with Gasteiger partial charge in [-0.25, -0.2) is 9.97 Å². The van der Waals surface area contributed by atoms with Gasteiger partial charge in [-0.3, -0.25) is 10.1 Å². The van der Waals surface area contributed by atoms with Gasteiger partial charge in [0.15, 0.2) is 0 Å². The maximum absolute atomic E-state index is 12.4. The molecule has 0 aliphatic carbocycles. The Kier molecular flexibility index (Phi) is 4.62. The number of aryl methyl sites for hydroxylation is 1. The van der Waals surface area contributed by atoms with Crippen molar-refractivity contribution < 1.29 is 4.79 Å². The number of hydrogen-bond acceptors (Lipinski definition) is 6. The molecule has 2 heterocycles. The molecule has 0 aliphatic rings. The first kappa shape index (κ1) is 15.5. The van der Waals surface area contributed by atoms with Gasteiger partial charge >= 0.3 is 0 Å². The molecular weight excluding hydrogens is 286 g/mol. The zero-order valence-electron chi connectivity index (χ0n) is 12.8.